The number of benzene rings is 3. The molecular weight excluding hydrogens is 534 g/mol. The van der Waals surface area contributed by atoms with E-state index in [2.05, 4.69) is 15.8 Å². The second-order valence-corrected chi connectivity index (χ2v) is 9.09. The number of carbonyl (C=O) groups excluding carboxylic acids is 2. The van der Waals surface area contributed by atoms with Gasteiger partial charge in [-0.25, -0.2) is 5.43 Å². The molecule has 0 fully saturated rings. The lowest BCUT2D eigenvalue weighted by Gasteiger charge is -2.12. The van der Waals surface area contributed by atoms with E-state index in [1.54, 1.807) is 48.5 Å². The fourth-order valence-corrected chi connectivity index (χ4v) is 3.84. The maximum Gasteiger partial charge on any atom is 0.287 e. The van der Waals surface area contributed by atoms with E-state index >= 15 is 0 Å². The molecule has 10 nitrogen and oxygen atoms in total. The highest BCUT2D eigenvalue weighted by molar-refractivity contribution is 6.33. The van der Waals surface area contributed by atoms with Crippen LogP contribution in [0.1, 0.15) is 21.7 Å². The van der Waals surface area contributed by atoms with Gasteiger partial charge in [-0.15, -0.1) is 0 Å². The predicted octanol–water partition coefficient (Wildman–Crippen LogP) is 5.50. The minimum Gasteiger partial charge on any atom is -0.455 e. The lowest BCUT2D eigenvalue weighted by molar-refractivity contribution is -0.384. The van der Waals surface area contributed by atoms with Crippen LogP contribution in [0.25, 0.3) is 17.4 Å². The van der Waals surface area contributed by atoms with Crippen LogP contribution in [-0.2, 0) is 4.79 Å². The first-order chi connectivity index (χ1) is 19.2. The van der Waals surface area contributed by atoms with Crippen molar-refractivity contribution in [1.82, 2.24) is 10.7 Å². The Kier molecular flexibility index (Phi) is 8.72. The minimum atomic E-state index is -0.651. The largest absolute Gasteiger partial charge is 0.455 e. The number of nitrogens with zero attached hydrogens (tertiary/aromatic N) is 3. The summed E-state index contributed by atoms with van der Waals surface area (Å²) in [6.07, 6.45) is 2.83. The maximum absolute atomic E-state index is 13.0. The summed E-state index contributed by atoms with van der Waals surface area (Å²) >= 11 is 6.18. The van der Waals surface area contributed by atoms with E-state index in [1.165, 1.54) is 24.4 Å². The molecule has 0 spiro atoms. The van der Waals surface area contributed by atoms with E-state index in [9.17, 15) is 19.7 Å². The molecular formula is C29H24ClN5O5. The third kappa shape index (κ3) is 7.00. The van der Waals surface area contributed by atoms with Gasteiger partial charge in [0, 0.05) is 43.0 Å². The van der Waals surface area contributed by atoms with Crippen molar-refractivity contribution in [2.45, 2.75) is 0 Å². The summed E-state index contributed by atoms with van der Waals surface area (Å²) in [5.74, 6) is -0.443. The van der Waals surface area contributed by atoms with Crippen molar-refractivity contribution < 1.29 is 18.9 Å². The smallest absolute Gasteiger partial charge is 0.287 e. The highest BCUT2D eigenvalue weighted by Crippen LogP contribution is 2.32. The molecule has 0 saturated carbocycles. The number of amides is 2. The fourth-order valence-electron chi connectivity index (χ4n) is 3.58. The predicted molar refractivity (Wildman–Crippen MR) is 154 cm³/mol. The van der Waals surface area contributed by atoms with Crippen LogP contribution in [0, 0.1) is 10.1 Å². The molecule has 2 N–H and O–H groups in total. The SMILES string of the molecule is CN(C)c1ccc(/C=C(\NC(=O)c2ccccc2)C(=O)N/N=C/c2ccc(-c3ccc([N+](=O)[O-])cc3Cl)o2)cc1. The number of hydrogen-bond acceptors (Lipinski definition) is 7. The number of hydrazone groups is 1. The number of carbonyl (C=O) groups is 2. The number of non-ortho nitro benzene ring substituents is 1. The van der Waals surface area contributed by atoms with E-state index in [-0.39, 0.29) is 16.4 Å². The highest BCUT2D eigenvalue weighted by atomic mass is 35.5. The van der Waals surface area contributed by atoms with Crippen molar-refractivity contribution in [3.8, 4) is 11.3 Å². The summed E-state index contributed by atoms with van der Waals surface area (Å²) in [6, 6.07) is 23.2. The van der Waals surface area contributed by atoms with Gasteiger partial charge in [0.15, 0.2) is 0 Å². The normalized spacial score (nSPS) is 11.3. The number of hydrogen-bond donors (Lipinski definition) is 2. The second-order valence-electron chi connectivity index (χ2n) is 8.69. The summed E-state index contributed by atoms with van der Waals surface area (Å²) in [7, 11) is 3.84. The molecule has 2 amide bonds. The number of anilines is 1. The van der Waals surface area contributed by atoms with Gasteiger partial charge in [0.1, 0.15) is 17.2 Å². The Labute approximate surface area is 234 Å². The number of rotatable bonds is 9. The summed E-state index contributed by atoms with van der Waals surface area (Å²) < 4.78 is 5.70. The van der Waals surface area contributed by atoms with Crippen LogP contribution in [0.4, 0.5) is 11.4 Å². The molecule has 1 aromatic heterocycles. The van der Waals surface area contributed by atoms with Crippen molar-refractivity contribution in [2.24, 2.45) is 5.10 Å². The van der Waals surface area contributed by atoms with Crippen molar-refractivity contribution in [3.05, 3.63) is 123 Å². The summed E-state index contributed by atoms with van der Waals surface area (Å²) in [5.41, 5.74) is 4.78. The molecule has 11 heteroatoms. The monoisotopic (exact) mass is 557 g/mol. The Hall–Kier alpha value is -5.22. The third-order valence-electron chi connectivity index (χ3n) is 5.66. The molecule has 0 radical (unpaired) electrons. The van der Waals surface area contributed by atoms with Gasteiger partial charge >= 0.3 is 0 Å². The topological polar surface area (TPSA) is 130 Å². The zero-order chi connectivity index (χ0) is 28.6. The van der Waals surface area contributed by atoms with Gasteiger partial charge < -0.3 is 14.6 Å². The number of nitro benzene ring substituents is 1. The average Bonchev–Trinajstić information content (AvgIpc) is 3.41. The van der Waals surface area contributed by atoms with Crippen LogP contribution in [0.5, 0.6) is 0 Å². The van der Waals surface area contributed by atoms with Gasteiger partial charge in [0.05, 0.1) is 16.2 Å². The van der Waals surface area contributed by atoms with Crippen molar-refractivity contribution in [2.75, 3.05) is 19.0 Å². The Balaban J connectivity index is 1.50. The van der Waals surface area contributed by atoms with Gasteiger partial charge in [0.2, 0.25) is 0 Å². The Morgan fingerprint density at radius 2 is 1.73 bits per heavy atom. The first-order valence-electron chi connectivity index (χ1n) is 11.9. The van der Waals surface area contributed by atoms with E-state index in [1.807, 2.05) is 43.3 Å². The standard InChI is InChI=1S/C29H24ClN5O5/c1-34(2)21-10-8-19(9-11-21)16-26(32-28(36)20-6-4-3-5-7-20)29(37)33-31-18-23-13-15-27(40-23)24-14-12-22(35(38)39)17-25(24)30/h3-18H,1-2H3,(H,32,36)(H,33,37)/b26-16-,31-18+. The minimum absolute atomic E-state index is 0.0126. The van der Waals surface area contributed by atoms with Crippen LogP contribution < -0.4 is 15.6 Å². The Bertz CT molecular complexity index is 1590. The zero-order valence-electron chi connectivity index (χ0n) is 21.5. The fraction of sp³-hybridized carbons (Fsp3) is 0.0690. The molecule has 0 atom stereocenters. The third-order valence-corrected chi connectivity index (χ3v) is 5.98. The lowest BCUT2D eigenvalue weighted by atomic mass is 10.1. The van der Waals surface area contributed by atoms with Crippen LogP contribution in [0.15, 0.2) is 100 Å². The van der Waals surface area contributed by atoms with E-state index in [0.717, 1.165) is 5.69 Å². The first-order valence-corrected chi connectivity index (χ1v) is 12.3. The molecule has 4 rings (SSSR count). The number of furan rings is 1. The molecule has 0 aliphatic rings. The Morgan fingerprint density at radius 1 is 1.00 bits per heavy atom. The van der Waals surface area contributed by atoms with E-state index < -0.39 is 16.7 Å². The van der Waals surface area contributed by atoms with Crippen LogP contribution in [0.3, 0.4) is 0 Å². The highest BCUT2D eigenvalue weighted by Gasteiger charge is 2.15. The summed E-state index contributed by atoms with van der Waals surface area (Å²) in [6.45, 7) is 0. The molecule has 40 heavy (non-hydrogen) atoms. The zero-order valence-corrected chi connectivity index (χ0v) is 22.3. The molecule has 0 aliphatic carbocycles. The van der Waals surface area contributed by atoms with Crippen LogP contribution >= 0.6 is 11.6 Å². The van der Waals surface area contributed by atoms with Gasteiger partial charge in [0.25, 0.3) is 17.5 Å². The van der Waals surface area contributed by atoms with Gasteiger partial charge in [-0.2, -0.15) is 5.10 Å². The molecule has 0 bridgehead atoms. The summed E-state index contributed by atoms with van der Waals surface area (Å²) in [4.78, 5) is 38.1. The average molecular weight is 558 g/mol. The van der Waals surface area contributed by atoms with Gasteiger partial charge in [-0.3, -0.25) is 19.7 Å². The van der Waals surface area contributed by atoms with Crippen molar-refractivity contribution in [3.63, 3.8) is 0 Å². The first kappa shape index (κ1) is 27.8. The number of nitrogens with one attached hydrogen (secondary N) is 2. The quantitative estimate of drug-likeness (QED) is 0.121. The van der Waals surface area contributed by atoms with Crippen LogP contribution in [-0.4, -0.2) is 37.0 Å². The summed E-state index contributed by atoms with van der Waals surface area (Å²) in [5, 5.41) is 17.7. The molecule has 0 aliphatic heterocycles. The van der Waals surface area contributed by atoms with Crippen molar-refractivity contribution >= 4 is 47.1 Å². The molecule has 1 heterocycles. The van der Waals surface area contributed by atoms with E-state index in [4.69, 9.17) is 16.0 Å². The number of halogens is 1. The molecule has 0 saturated heterocycles. The maximum atomic E-state index is 13.0. The van der Waals surface area contributed by atoms with Crippen LogP contribution in [0.2, 0.25) is 5.02 Å². The van der Waals surface area contributed by atoms with Gasteiger partial charge in [-0.1, -0.05) is 41.9 Å². The molecule has 202 valence electrons. The lowest BCUT2D eigenvalue weighted by Crippen LogP contribution is -2.32. The van der Waals surface area contributed by atoms with Crippen molar-refractivity contribution in [1.29, 1.82) is 0 Å². The molecule has 0 unspecified atom stereocenters. The molecule has 3 aromatic carbocycles. The van der Waals surface area contributed by atoms with Gasteiger partial charge in [-0.05, 0) is 54.1 Å². The Morgan fingerprint density at radius 3 is 2.38 bits per heavy atom. The molecule has 4 aromatic rings. The second kappa shape index (κ2) is 12.5. The number of nitro groups is 1. The van der Waals surface area contributed by atoms with E-state index in [0.29, 0.717) is 28.2 Å².